The van der Waals surface area contributed by atoms with Gasteiger partial charge in [-0.2, -0.15) is 0 Å². The van der Waals surface area contributed by atoms with Crippen molar-refractivity contribution < 1.29 is 0 Å². The van der Waals surface area contributed by atoms with Crippen molar-refractivity contribution in [3.8, 4) is 67.5 Å². The van der Waals surface area contributed by atoms with E-state index in [-0.39, 0.29) is 0 Å². The van der Waals surface area contributed by atoms with Gasteiger partial charge in [-0.15, -0.1) is 0 Å². The van der Waals surface area contributed by atoms with Crippen molar-refractivity contribution >= 4 is 33.7 Å². The van der Waals surface area contributed by atoms with Crippen molar-refractivity contribution in [3.05, 3.63) is 194 Å². The zero-order valence-corrected chi connectivity index (χ0v) is 29.5. The molecule has 4 heteroatoms. The summed E-state index contributed by atoms with van der Waals surface area (Å²) in [6.07, 6.45) is 7.55. The molecule has 2 heterocycles. The summed E-state index contributed by atoms with van der Waals surface area (Å²) in [4.78, 5) is 19.5. The topological polar surface area (TPSA) is 51.6 Å². The Morgan fingerprint density at radius 3 is 1.46 bits per heavy atom. The molecule has 0 amide bonds. The minimum atomic E-state index is 0.599. The second kappa shape index (κ2) is 14.0. The van der Waals surface area contributed by atoms with E-state index < -0.39 is 0 Å². The SMILES string of the molecule is C=Cc1c(C=C)c2cccc(-c3cc(-c4cccc(-c5ccncc5)c4)cc(-c4nc(-c5ccccc5)nc(-c5ccccc5)n4)c3)c2c2ccccc12. The van der Waals surface area contributed by atoms with E-state index in [9.17, 15) is 0 Å². The lowest BCUT2D eigenvalue weighted by molar-refractivity contribution is 1.07. The zero-order valence-electron chi connectivity index (χ0n) is 29.5. The van der Waals surface area contributed by atoms with Crippen molar-refractivity contribution in [2.45, 2.75) is 0 Å². The maximum absolute atomic E-state index is 5.14. The van der Waals surface area contributed by atoms with Gasteiger partial charge in [-0.3, -0.25) is 4.98 Å². The molecule has 0 fully saturated rings. The van der Waals surface area contributed by atoms with E-state index in [0.29, 0.717) is 17.5 Å². The van der Waals surface area contributed by atoms with Crippen molar-refractivity contribution in [1.82, 2.24) is 19.9 Å². The van der Waals surface area contributed by atoms with Crippen LogP contribution in [0.1, 0.15) is 11.1 Å². The molecule has 0 saturated heterocycles. The van der Waals surface area contributed by atoms with Crippen LogP contribution >= 0.6 is 0 Å². The third kappa shape index (κ3) is 5.96. The van der Waals surface area contributed by atoms with Crippen molar-refractivity contribution in [1.29, 1.82) is 0 Å². The molecule has 4 nitrogen and oxygen atoms in total. The van der Waals surface area contributed by atoms with Crippen LogP contribution in [0.3, 0.4) is 0 Å². The molecule has 0 atom stereocenters. The first-order chi connectivity index (χ1) is 26.7. The van der Waals surface area contributed by atoms with Crippen LogP contribution in [0.25, 0.3) is 101 Å². The molecule has 0 bridgehead atoms. The Bertz CT molecular complexity index is 2790. The van der Waals surface area contributed by atoms with E-state index >= 15 is 0 Å². The molecular formula is C50H34N4. The number of hydrogen-bond donors (Lipinski definition) is 0. The highest BCUT2D eigenvalue weighted by Gasteiger charge is 2.18. The molecular weight excluding hydrogens is 657 g/mol. The Kier molecular flexibility index (Phi) is 8.46. The van der Waals surface area contributed by atoms with Gasteiger partial charge in [0.05, 0.1) is 0 Å². The molecule has 0 N–H and O–H groups in total. The average molecular weight is 691 g/mol. The molecule has 0 aliphatic carbocycles. The molecule has 0 unspecified atom stereocenters. The van der Waals surface area contributed by atoms with Gasteiger partial charge < -0.3 is 0 Å². The molecule has 54 heavy (non-hydrogen) atoms. The van der Waals surface area contributed by atoms with Crippen LogP contribution in [0.2, 0.25) is 0 Å². The summed E-state index contributed by atoms with van der Waals surface area (Å²) in [6, 6.07) is 54.7. The third-order valence-corrected chi connectivity index (χ3v) is 9.95. The average Bonchev–Trinajstić information content (AvgIpc) is 3.26. The molecule has 0 aliphatic heterocycles. The van der Waals surface area contributed by atoms with Gasteiger partial charge in [0.25, 0.3) is 0 Å². The molecule has 0 spiro atoms. The molecule has 0 aliphatic rings. The number of aromatic nitrogens is 4. The number of fused-ring (bicyclic) bond motifs is 3. The lowest BCUT2D eigenvalue weighted by atomic mass is 9.86. The lowest BCUT2D eigenvalue weighted by Gasteiger charge is -2.18. The number of pyridine rings is 1. The second-order valence-corrected chi connectivity index (χ2v) is 13.2. The summed E-state index contributed by atoms with van der Waals surface area (Å²) in [7, 11) is 0. The summed E-state index contributed by atoms with van der Waals surface area (Å²) in [5.74, 6) is 1.84. The molecule has 7 aromatic carbocycles. The first-order valence-corrected chi connectivity index (χ1v) is 17.9. The van der Waals surface area contributed by atoms with Crippen LogP contribution in [0, 0.1) is 0 Å². The maximum atomic E-state index is 5.14. The maximum Gasteiger partial charge on any atom is 0.164 e. The molecule has 0 radical (unpaired) electrons. The Labute approximate surface area is 314 Å². The molecule has 2 aromatic heterocycles. The normalized spacial score (nSPS) is 11.1. The fourth-order valence-electron chi connectivity index (χ4n) is 7.41. The number of nitrogens with zero attached hydrogens (tertiary/aromatic N) is 4. The Morgan fingerprint density at radius 1 is 0.352 bits per heavy atom. The van der Waals surface area contributed by atoms with Gasteiger partial charge >= 0.3 is 0 Å². The Balaban J connectivity index is 1.34. The summed E-state index contributed by atoms with van der Waals surface area (Å²) < 4.78 is 0. The van der Waals surface area contributed by atoms with Gasteiger partial charge in [0, 0.05) is 29.1 Å². The fourth-order valence-corrected chi connectivity index (χ4v) is 7.41. The predicted octanol–water partition coefficient (Wildman–Crippen LogP) is 12.9. The first-order valence-electron chi connectivity index (χ1n) is 17.9. The summed E-state index contributed by atoms with van der Waals surface area (Å²) in [5.41, 5.74) is 11.4. The van der Waals surface area contributed by atoms with E-state index in [2.05, 4.69) is 103 Å². The molecule has 254 valence electrons. The van der Waals surface area contributed by atoms with Crippen LogP contribution in [-0.4, -0.2) is 19.9 Å². The van der Waals surface area contributed by atoms with E-state index in [1.807, 2.05) is 97.3 Å². The van der Waals surface area contributed by atoms with Crippen molar-refractivity contribution in [3.63, 3.8) is 0 Å². The van der Waals surface area contributed by atoms with Gasteiger partial charge in [-0.1, -0.05) is 147 Å². The highest BCUT2D eigenvalue weighted by atomic mass is 15.0. The predicted molar refractivity (Wildman–Crippen MR) is 225 cm³/mol. The number of hydrogen-bond acceptors (Lipinski definition) is 4. The first kappa shape index (κ1) is 32.6. The zero-order chi connectivity index (χ0) is 36.4. The van der Waals surface area contributed by atoms with Crippen molar-refractivity contribution in [2.24, 2.45) is 0 Å². The quantitative estimate of drug-likeness (QED) is 0.149. The third-order valence-electron chi connectivity index (χ3n) is 9.95. The number of benzene rings is 7. The number of rotatable bonds is 8. The van der Waals surface area contributed by atoms with E-state index in [1.54, 1.807) is 0 Å². The van der Waals surface area contributed by atoms with Crippen LogP contribution < -0.4 is 0 Å². The van der Waals surface area contributed by atoms with Gasteiger partial charge in [0.2, 0.25) is 0 Å². The monoisotopic (exact) mass is 690 g/mol. The smallest absolute Gasteiger partial charge is 0.164 e. The van der Waals surface area contributed by atoms with E-state index in [4.69, 9.17) is 15.0 Å². The van der Waals surface area contributed by atoms with Gasteiger partial charge in [0.1, 0.15) is 0 Å². The minimum Gasteiger partial charge on any atom is -0.265 e. The van der Waals surface area contributed by atoms with Gasteiger partial charge in [-0.05, 0) is 102 Å². The molecule has 9 aromatic rings. The highest BCUT2D eigenvalue weighted by Crippen LogP contribution is 2.42. The van der Waals surface area contributed by atoms with Crippen molar-refractivity contribution in [2.75, 3.05) is 0 Å². The van der Waals surface area contributed by atoms with E-state index in [0.717, 1.165) is 82.7 Å². The summed E-state index contributed by atoms with van der Waals surface area (Å²) in [5, 5.41) is 4.59. The van der Waals surface area contributed by atoms with Crippen LogP contribution in [-0.2, 0) is 0 Å². The summed E-state index contributed by atoms with van der Waals surface area (Å²) in [6.45, 7) is 8.42. The second-order valence-electron chi connectivity index (χ2n) is 13.2. The van der Waals surface area contributed by atoms with Crippen LogP contribution in [0.4, 0.5) is 0 Å². The fraction of sp³-hybridized carbons (Fsp3) is 0. The Morgan fingerprint density at radius 2 is 0.815 bits per heavy atom. The van der Waals surface area contributed by atoms with Crippen LogP contribution in [0.5, 0.6) is 0 Å². The summed E-state index contributed by atoms with van der Waals surface area (Å²) >= 11 is 0. The standard InChI is InChI=1S/C50H34N4/c1-3-41-42(4-2)45-24-14-23-43(47(45)46-22-12-11-21-44(41)46)39-30-38(37-20-13-19-36(29-37)33-25-27-51-28-26-33)31-40(32-39)50-53-48(34-15-7-5-8-16-34)52-49(54-50)35-17-9-6-10-18-35/h3-32H,1-2H2. The Hall–Kier alpha value is -7.30. The molecule has 0 saturated carbocycles. The lowest BCUT2D eigenvalue weighted by Crippen LogP contribution is -2.00. The van der Waals surface area contributed by atoms with Gasteiger partial charge in [-0.25, -0.2) is 15.0 Å². The minimum absolute atomic E-state index is 0.599. The largest absolute Gasteiger partial charge is 0.265 e. The van der Waals surface area contributed by atoms with Crippen LogP contribution in [0.15, 0.2) is 183 Å². The van der Waals surface area contributed by atoms with Gasteiger partial charge in [0.15, 0.2) is 17.5 Å². The highest BCUT2D eigenvalue weighted by molar-refractivity contribution is 6.19. The van der Waals surface area contributed by atoms with E-state index in [1.165, 1.54) is 0 Å². The molecule has 9 rings (SSSR count).